The predicted molar refractivity (Wildman–Crippen MR) is 88.5 cm³/mol. The molecule has 2 aromatic carbocycles. The van der Waals surface area contributed by atoms with Crippen molar-refractivity contribution >= 4 is 20.9 Å². The summed E-state index contributed by atoms with van der Waals surface area (Å²) < 4.78 is 41.2. The Morgan fingerprint density at radius 2 is 1.96 bits per heavy atom. The van der Waals surface area contributed by atoms with E-state index in [0.717, 1.165) is 17.2 Å². The highest BCUT2D eigenvalue weighted by Crippen LogP contribution is 2.22. The highest BCUT2D eigenvalue weighted by atomic mass is 32.2. The predicted octanol–water partition coefficient (Wildman–Crippen LogP) is 2.73. The Balaban J connectivity index is 1.65. The number of halogens is 1. The highest BCUT2D eigenvalue weighted by Gasteiger charge is 2.32. The first-order valence-corrected chi connectivity index (χ1v) is 9.45. The molecule has 124 valence electrons. The van der Waals surface area contributed by atoms with Crippen molar-refractivity contribution in [3.05, 3.63) is 48.0 Å². The number of hydrogen-bond donors (Lipinski definition) is 0. The van der Waals surface area contributed by atoms with Gasteiger partial charge in [-0.05, 0) is 28.8 Å². The summed E-state index contributed by atoms with van der Waals surface area (Å²) in [6.45, 7) is 1.46. The SMILES string of the molecule is CS(=O)(=O)O[C@H]1CCN(Cc2ccc3ccccc3c2)C[C@H]1F. The zero-order valence-corrected chi connectivity index (χ0v) is 13.8. The standard InChI is InChI=1S/C17H20FNO3S/c1-23(20,21)22-17-8-9-19(12-16(17)18)11-13-6-7-14-4-2-3-5-15(14)10-13/h2-7,10,16-17H,8-9,11-12H2,1H3/t16-,17+/m1/s1. The summed E-state index contributed by atoms with van der Waals surface area (Å²) >= 11 is 0. The van der Waals surface area contributed by atoms with Gasteiger partial charge in [0, 0.05) is 19.6 Å². The minimum Gasteiger partial charge on any atom is -0.296 e. The van der Waals surface area contributed by atoms with Gasteiger partial charge >= 0.3 is 0 Å². The summed E-state index contributed by atoms with van der Waals surface area (Å²) in [5.74, 6) is 0. The van der Waals surface area contributed by atoms with Gasteiger partial charge in [-0.3, -0.25) is 9.08 Å². The molecule has 1 fully saturated rings. The Labute approximate surface area is 136 Å². The lowest BCUT2D eigenvalue weighted by molar-refractivity contribution is 0.0232. The molecular formula is C17H20FNO3S. The number of piperidine rings is 1. The van der Waals surface area contributed by atoms with Crippen LogP contribution in [-0.2, 0) is 20.8 Å². The Morgan fingerprint density at radius 3 is 2.65 bits per heavy atom. The van der Waals surface area contributed by atoms with E-state index >= 15 is 0 Å². The van der Waals surface area contributed by atoms with Crippen LogP contribution in [0, 0.1) is 0 Å². The van der Waals surface area contributed by atoms with Gasteiger partial charge in [0.2, 0.25) is 0 Å². The van der Waals surface area contributed by atoms with Crippen molar-refractivity contribution in [3.63, 3.8) is 0 Å². The molecule has 4 nitrogen and oxygen atoms in total. The van der Waals surface area contributed by atoms with Crippen LogP contribution in [0.5, 0.6) is 0 Å². The Morgan fingerprint density at radius 1 is 1.22 bits per heavy atom. The lowest BCUT2D eigenvalue weighted by Crippen LogP contribution is -2.45. The van der Waals surface area contributed by atoms with E-state index in [9.17, 15) is 12.8 Å². The second kappa shape index (κ2) is 6.55. The highest BCUT2D eigenvalue weighted by molar-refractivity contribution is 7.86. The van der Waals surface area contributed by atoms with Gasteiger partial charge in [-0.25, -0.2) is 4.39 Å². The maximum atomic E-state index is 14.2. The van der Waals surface area contributed by atoms with Crippen LogP contribution in [0.15, 0.2) is 42.5 Å². The number of nitrogens with zero attached hydrogens (tertiary/aromatic N) is 1. The number of rotatable bonds is 4. The molecule has 0 spiro atoms. The van der Waals surface area contributed by atoms with E-state index in [4.69, 9.17) is 4.18 Å². The fraction of sp³-hybridized carbons (Fsp3) is 0.412. The summed E-state index contributed by atoms with van der Waals surface area (Å²) in [7, 11) is -3.62. The van der Waals surface area contributed by atoms with E-state index in [1.165, 1.54) is 5.39 Å². The fourth-order valence-corrected chi connectivity index (χ4v) is 3.68. The van der Waals surface area contributed by atoms with Gasteiger partial charge in [0.1, 0.15) is 12.3 Å². The number of fused-ring (bicyclic) bond motifs is 1. The van der Waals surface area contributed by atoms with E-state index in [0.29, 0.717) is 19.5 Å². The first-order valence-electron chi connectivity index (χ1n) is 7.63. The maximum absolute atomic E-state index is 14.2. The molecule has 3 rings (SSSR count). The van der Waals surface area contributed by atoms with E-state index < -0.39 is 22.4 Å². The van der Waals surface area contributed by atoms with Crippen molar-refractivity contribution in [1.29, 1.82) is 0 Å². The first kappa shape index (κ1) is 16.4. The molecule has 6 heteroatoms. The molecule has 0 aliphatic carbocycles. The third-order valence-electron chi connectivity index (χ3n) is 4.08. The van der Waals surface area contributed by atoms with Gasteiger partial charge in [0.15, 0.2) is 0 Å². The topological polar surface area (TPSA) is 46.6 Å². The molecule has 2 aromatic rings. The lowest BCUT2D eigenvalue weighted by Gasteiger charge is -2.33. The molecule has 0 amide bonds. The van der Waals surface area contributed by atoms with E-state index in [1.807, 2.05) is 17.0 Å². The van der Waals surface area contributed by atoms with Crippen molar-refractivity contribution < 1.29 is 17.0 Å². The molecule has 1 saturated heterocycles. The van der Waals surface area contributed by atoms with E-state index in [1.54, 1.807) is 0 Å². The third kappa shape index (κ3) is 4.28. The largest absolute Gasteiger partial charge is 0.296 e. The quantitative estimate of drug-likeness (QED) is 0.805. The Hall–Kier alpha value is -1.50. The van der Waals surface area contributed by atoms with Crippen LogP contribution in [0.25, 0.3) is 10.8 Å². The Bertz CT molecular complexity index is 793. The van der Waals surface area contributed by atoms with Crippen molar-refractivity contribution in [1.82, 2.24) is 4.90 Å². The van der Waals surface area contributed by atoms with E-state index in [-0.39, 0.29) is 6.54 Å². The normalized spacial score (nSPS) is 23.2. The molecule has 1 aliphatic heterocycles. The molecule has 1 heterocycles. The number of likely N-dealkylation sites (tertiary alicyclic amines) is 1. The van der Waals surface area contributed by atoms with Crippen LogP contribution in [0.2, 0.25) is 0 Å². The summed E-state index contributed by atoms with van der Waals surface area (Å²) in [5.41, 5.74) is 1.12. The summed E-state index contributed by atoms with van der Waals surface area (Å²) in [6.07, 6.45) is -0.819. The van der Waals surface area contributed by atoms with Gasteiger partial charge in [0.05, 0.1) is 6.26 Å². The Kier molecular flexibility index (Phi) is 4.66. The molecular weight excluding hydrogens is 317 g/mol. The van der Waals surface area contributed by atoms with Crippen molar-refractivity contribution in [3.8, 4) is 0 Å². The van der Waals surface area contributed by atoms with Crippen LogP contribution in [0.1, 0.15) is 12.0 Å². The number of hydrogen-bond acceptors (Lipinski definition) is 4. The third-order valence-corrected chi connectivity index (χ3v) is 4.68. The zero-order chi connectivity index (χ0) is 16.4. The van der Waals surface area contributed by atoms with Crippen molar-refractivity contribution in [2.45, 2.75) is 25.2 Å². The average Bonchev–Trinajstić information content (AvgIpc) is 2.49. The molecule has 0 radical (unpaired) electrons. The van der Waals surface area contributed by atoms with Crippen molar-refractivity contribution in [2.24, 2.45) is 0 Å². The van der Waals surface area contributed by atoms with E-state index in [2.05, 4.69) is 30.3 Å². The van der Waals surface area contributed by atoms with Crippen LogP contribution in [0.4, 0.5) is 4.39 Å². The molecule has 0 bridgehead atoms. The minimum absolute atomic E-state index is 0.188. The average molecular weight is 337 g/mol. The van der Waals surface area contributed by atoms with Crippen LogP contribution in [-0.4, -0.2) is 44.9 Å². The van der Waals surface area contributed by atoms with Crippen molar-refractivity contribution in [2.75, 3.05) is 19.3 Å². The molecule has 0 N–H and O–H groups in total. The van der Waals surface area contributed by atoms with Crippen LogP contribution < -0.4 is 0 Å². The fourth-order valence-electron chi connectivity index (χ4n) is 3.02. The zero-order valence-electron chi connectivity index (χ0n) is 13.0. The second-order valence-corrected chi connectivity index (χ2v) is 7.66. The first-order chi connectivity index (χ1) is 10.9. The molecule has 2 atom stereocenters. The van der Waals surface area contributed by atoms with Crippen LogP contribution in [0.3, 0.4) is 0 Å². The van der Waals surface area contributed by atoms with Gasteiger partial charge < -0.3 is 0 Å². The molecule has 23 heavy (non-hydrogen) atoms. The smallest absolute Gasteiger partial charge is 0.264 e. The van der Waals surface area contributed by atoms with Gasteiger partial charge in [-0.1, -0.05) is 36.4 Å². The second-order valence-electron chi connectivity index (χ2n) is 6.06. The lowest BCUT2D eigenvalue weighted by atomic mass is 10.0. The number of benzene rings is 2. The molecule has 0 saturated carbocycles. The van der Waals surface area contributed by atoms with Gasteiger partial charge in [0.25, 0.3) is 10.1 Å². The van der Waals surface area contributed by atoms with Crippen LogP contribution >= 0.6 is 0 Å². The molecule has 0 aromatic heterocycles. The summed E-state index contributed by atoms with van der Waals surface area (Å²) in [5, 5.41) is 2.34. The molecule has 0 unspecified atom stereocenters. The molecule has 1 aliphatic rings. The van der Waals surface area contributed by atoms with Gasteiger partial charge in [-0.2, -0.15) is 8.42 Å². The minimum atomic E-state index is -3.62. The maximum Gasteiger partial charge on any atom is 0.264 e. The monoisotopic (exact) mass is 337 g/mol. The number of alkyl halides is 1. The summed E-state index contributed by atoms with van der Waals surface area (Å²) in [4.78, 5) is 2.00. The van der Waals surface area contributed by atoms with Gasteiger partial charge in [-0.15, -0.1) is 0 Å². The summed E-state index contributed by atoms with van der Waals surface area (Å²) in [6, 6.07) is 14.3.